The van der Waals surface area contributed by atoms with Crippen LogP contribution in [0.15, 0.2) is 64.0 Å². The summed E-state index contributed by atoms with van der Waals surface area (Å²) in [5.74, 6) is -9.46. The molecule has 0 unspecified atom stereocenters. The van der Waals surface area contributed by atoms with Gasteiger partial charge in [-0.1, -0.05) is 31.2 Å². The van der Waals surface area contributed by atoms with Gasteiger partial charge < -0.3 is 144 Å². The molecule has 0 aliphatic carbocycles. The SMILES string of the molecule is CCCN(CCCCCNC(=O)CCOCCOCCOCCOCCOCCOCCOCCOCCOCCOCCOCCOCCOCCOCCOCCOCCOCCOCCOCCOCCOCCOCCOCCOCCOCCC(=O)Oc1c(F)c(F)cc(F)c1F)C(=O)C1=Cc2ccc(-c3cccc(S(=O)(=O)N4CC(CO)C4)c3)cc2N=C(N)C1. The van der Waals surface area contributed by atoms with E-state index in [0.29, 0.717) is 353 Å². The molecule has 0 atom stereocenters. The summed E-state index contributed by atoms with van der Waals surface area (Å²) in [6.07, 6.45) is 5.02. The molecule has 2 heterocycles. The summed E-state index contributed by atoms with van der Waals surface area (Å²) in [5, 5.41) is 12.3. The third-order valence-corrected chi connectivity index (χ3v) is 20.4. The van der Waals surface area contributed by atoms with Crippen LogP contribution in [0.3, 0.4) is 0 Å². The van der Waals surface area contributed by atoms with Crippen LogP contribution in [0, 0.1) is 29.2 Å². The van der Waals surface area contributed by atoms with E-state index in [4.69, 9.17) is 124 Å². The fourth-order valence-electron chi connectivity index (χ4n) is 11.7. The van der Waals surface area contributed by atoms with Crippen LogP contribution < -0.4 is 15.8 Å². The third kappa shape index (κ3) is 57.5. The minimum absolute atomic E-state index is 0.0147. The van der Waals surface area contributed by atoms with Gasteiger partial charge >= 0.3 is 5.97 Å². The number of carbonyl (C=O) groups excluding carboxylic acids is 3. The number of hydrogen-bond acceptors (Lipinski definition) is 34. The largest absolute Gasteiger partial charge is 0.420 e. The maximum atomic E-state index is 13.9. The first-order chi connectivity index (χ1) is 64.2. The Kier molecular flexibility index (Phi) is 69.6. The predicted octanol–water partition coefficient (Wildman–Crippen LogP) is 5.62. The summed E-state index contributed by atoms with van der Waals surface area (Å²) in [6, 6.07) is 12.4. The molecule has 42 heteroatoms. The second-order valence-corrected chi connectivity index (χ2v) is 30.8. The van der Waals surface area contributed by atoms with Crippen LogP contribution in [0.1, 0.15) is 57.4 Å². The average Bonchev–Trinajstić information content (AvgIpc) is 1.51. The number of nitrogens with zero attached hydrogens (tertiary/aromatic N) is 3. The molecule has 4 N–H and O–H groups in total. The molecule has 0 saturated carbocycles. The lowest BCUT2D eigenvalue weighted by molar-refractivity contribution is -0.136. The molecular weight excluding hydrogens is 1760 g/mol. The molecule has 1 fully saturated rings. The maximum absolute atomic E-state index is 13.9. The number of esters is 1. The highest BCUT2D eigenvalue weighted by molar-refractivity contribution is 7.89. The van der Waals surface area contributed by atoms with Crippen molar-refractivity contribution in [2.45, 2.75) is 56.8 Å². The molecule has 0 radical (unpaired) electrons. The predicted molar refractivity (Wildman–Crippen MR) is 470 cm³/mol. The number of sulfonamides is 1. The zero-order valence-corrected chi connectivity index (χ0v) is 77.1. The Hall–Kier alpha value is -6.13. The van der Waals surface area contributed by atoms with Crippen molar-refractivity contribution in [2.24, 2.45) is 16.6 Å². The smallest absolute Gasteiger partial charge is 0.313 e. The van der Waals surface area contributed by atoms with Gasteiger partial charge in [-0.05, 0) is 61.1 Å². The summed E-state index contributed by atoms with van der Waals surface area (Å²) < 4.78 is 224. The lowest BCUT2D eigenvalue weighted by Crippen LogP contribution is -2.51. The van der Waals surface area contributed by atoms with Gasteiger partial charge in [0.2, 0.25) is 39.2 Å². The number of unbranched alkanes of at least 4 members (excludes halogenated alkanes) is 2. The summed E-state index contributed by atoms with van der Waals surface area (Å²) in [5.41, 5.74) is 9.72. The zero-order chi connectivity index (χ0) is 93.6. The maximum Gasteiger partial charge on any atom is 0.313 e. The fraction of sp³-hybridized carbons (Fsp3) is 0.730. The highest BCUT2D eigenvalue weighted by Crippen LogP contribution is 2.35. The van der Waals surface area contributed by atoms with Gasteiger partial charge in [-0.15, -0.1) is 0 Å². The van der Waals surface area contributed by atoms with Crippen LogP contribution in [0.5, 0.6) is 5.75 Å². The molecule has 5 rings (SSSR count). The van der Waals surface area contributed by atoms with Crippen molar-refractivity contribution in [3.8, 4) is 16.9 Å². The quantitative estimate of drug-likeness (QED) is 0.0203. The van der Waals surface area contributed by atoms with Gasteiger partial charge in [0.1, 0.15) is 5.84 Å². The zero-order valence-electron chi connectivity index (χ0n) is 76.3. The van der Waals surface area contributed by atoms with Crippen LogP contribution in [0.25, 0.3) is 17.2 Å². The molecule has 750 valence electrons. The molecular formula is C89H143F4N5O32S. The highest BCUT2D eigenvalue weighted by atomic mass is 32.2. The van der Waals surface area contributed by atoms with E-state index < -0.39 is 51.4 Å². The number of aliphatic hydroxyl groups excluding tert-OH is 1. The van der Waals surface area contributed by atoms with E-state index in [9.17, 15) is 45.5 Å². The minimum atomic E-state index is -3.70. The first-order valence-corrected chi connectivity index (χ1v) is 46.6. The Bertz CT molecular complexity index is 3550. The summed E-state index contributed by atoms with van der Waals surface area (Å²) in [4.78, 5) is 44.8. The van der Waals surface area contributed by atoms with Crippen molar-refractivity contribution < 1.29 is 169 Å². The standard InChI is InChI=1S/C89H143F4N5O32S/c1-2-14-97(89(102)78-66-77-10-9-76(68-82(77)96-83(94)69-78)75-7-6-8-79(67-75)131(103,104)98-71-74(72-98)73-99)15-5-3-4-13-95-84(100)11-16-105-18-20-107-22-24-109-26-28-111-30-32-113-34-36-115-38-40-117-42-44-119-46-48-121-50-52-123-54-56-125-58-60-127-62-64-129-65-63-128-61-59-126-57-55-124-53-51-122-49-47-120-45-43-118-41-39-116-37-35-114-33-31-112-29-27-110-25-23-108-21-19-106-17-12-85(101)130-88-86(92)80(90)70-81(91)87(88)93/h6-10,66-68,70,74,99H,2-5,11-65,69,71-73H2,1H3,(H2,94,96)(H,95,100). The monoisotopic (exact) mass is 1900 g/mol. The van der Waals surface area contributed by atoms with Crippen LogP contribution >= 0.6 is 0 Å². The summed E-state index contributed by atoms with van der Waals surface area (Å²) in [6.45, 7) is 24.5. The Labute approximate surface area is 768 Å². The van der Waals surface area contributed by atoms with E-state index >= 15 is 0 Å². The number of rotatable bonds is 92. The van der Waals surface area contributed by atoms with Crippen molar-refractivity contribution in [3.63, 3.8) is 0 Å². The second kappa shape index (κ2) is 79.0. The van der Waals surface area contributed by atoms with E-state index in [-0.39, 0.29) is 81.2 Å². The number of carbonyl (C=O) groups is 3. The van der Waals surface area contributed by atoms with Gasteiger partial charge in [0.15, 0.2) is 11.6 Å². The number of hydrogen-bond donors (Lipinski definition) is 3. The van der Waals surface area contributed by atoms with Crippen molar-refractivity contribution in [1.82, 2.24) is 14.5 Å². The van der Waals surface area contributed by atoms with Gasteiger partial charge in [0.05, 0.1) is 347 Å². The molecule has 0 bridgehead atoms. The molecule has 2 amide bonds. The number of ether oxygens (including phenoxy) is 26. The van der Waals surface area contributed by atoms with E-state index in [1.54, 1.807) is 18.2 Å². The Balaban J connectivity index is 0.622. The number of amides is 2. The van der Waals surface area contributed by atoms with Crippen molar-refractivity contribution in [2.75, 3.05) is 370 Å². The fourth-order valence-corrected chi connectivity index (χ4v) is 13.4. The van der Waals surface area contributed by atoms with Crippen LogP contribution in [0.2, 0.25) is 0 Å². The first kappa shape index (κ1) is 115. The summed E-state index contributed by atoms with van der Waals surface area (Å²) >= 11 is 0. The molecule has 37 nitrogen and oxygen atoms in total. The van der Waals surface area contributed by atoms with E-state index in [0.717, 1.165) is 36.8 Å². The van der Waals surface area contributed by atoms with Crippen molar-refractivity contribution in [1.29, 1.82) is 0 Å². The normalized spacial score (nSPS) is 13.1. The number of aliphatic hydroxyl groups is 1. The number of amidine groups is 1. The molecule has 0 aromatic heterocycles. The van der Waals surface area contributed by atoms with Gasteiger partial charge in [-0.2, -0.15) is 13.1 Å². The van der Waals surface area contributed by atoms with Crippen LogP contribution in [-0.2, 0) is 143 Å². The van der Waals surface area contributed by atoms with E-state index in [2.05, 4.69) is 15.0 Å². The molecule has 131 heavy (non-hydrogen) atoms. The molecule has 2 aliphatic rings. The van der Waals surface area contributed by atoms with E-state index in [1.807, 2.05) is 42.2 Å². The van der Waals surface area contributed by atoms with E-state index in [1.165, 1.54) is 4.31 Å². The number of fused-ring (bicyclic) bond motifs is 1. The molecule has 2 aliphatic heterocycles. The van der Waals surface area contributed by atoms with Gasteiger partial charge in [-0.25, -0.2) is 22.2 Å². The number of benzene rings is 3. The topological polar surface area (TPSA) is 402 Å². The number of aliphatic imine (C=N–C) groups is 1. The molecule has 0 spiro atoms. The minimum Gasteiger partial charge on any atom is -0.420 e. The Morgan fingerprint density at radius 2 is 0.756 bits per heavy atom. The first-order valence-electron chi connectivity index (χ1n) is 45.1. The Morgan fingerprint density at radius 1 is 0.427 bits per heavy atom. The lowest BCUT2D eigenvalue weighted by Gasteiger charge is -2.36. The van der Waals surface area contributed by atoms with Gasteiger partial charge in [-0.3, -0.25) is 14.4 Å². The molecule has 3 aromatic rings. The van der Waals surface area contributed by atoms with Gasteiger partial charge in [0, 0.05) is 75.3 Å². The van der Waals surface area contributed by atoms with Crippen molar-refractivity contribution in [3.05, 3.63) is 82.9 Å². The third-order valence-electron chi connectivity index (χ3n) is 18.6. The number of nitrogens with one attached hydrogen (secondary N) is 1. The Morgan fingerprint density at radius 3 is 1.09 bits per heavy atom. The molecule has 3 aromatic carbocycles. The van der Waals surface area contributed by atoms with Crippen molar-refractivity contribution >= 4 is 45.4 Å². The number of halogens is 4. The highest BCUT2D eigenvalue weighted by Gasteiger charge is 2.36. The van der Waals surface area contributed by atoms with Crippen LogP contribution in [-0.4, -0.2) is 416 Å². The summed E-state index contributed by atoms with van der Waals surface area (Å²) in [7, 11) is -3.70. The number of nitrogens with two attached hydrogens (primary N) is 1. The average molecular weight is 1900 g/mol. The second-order valence-electron chi connectivity index (χ2n) is 28.9. The lowest BCUT2D eigenvalue weighted by atomic mass is 10.0. The van der Waals surface area contributed by atoms with Crippen LogP contribution in [0.4, 0.5) is 23.2 Å². The van der Waals surface area contributed by atoms with Gasteiger partial charge in [0.25, 0.3) is 0 Å². The molecule has 1 saturated heterocycles.